The maximum absolute atomic E-state index is 13.3. The molecule has 3 N–H and O–H groups in total. The highest BCUT2D eigenvalue weighted by Crippen LogP contribution is 2.29. The quantitative estimate of drug-likeness (QED) is 0.443. The van der Waals surface area contributed by atoms with E-state index in [2.05, 4.69) is 22.8 Å². The van der Waals surface area contributed by atoms with Gasteiger partial charge in [-0.15, -0.1) is 0 Å². The molecule has 2 unspecified atom stereocenters. The van der Waals surface area contributed by atoms with Crippen LogP contribution in [0.5, 0.6) is 5.75 Å². The van der Waals surface area contributed by atoms with Crippen LogP contribution in [0, 0.1) is 0 Å². The molecule has 2 atom stereocenters. The monoisotopic (exact) mass is 499 g/mol. The number of aliphatic hydroxyl groups excluding tert-OH is 1. The number of hydrogen-bond donors (Lipinski definition) is 3. The summed E-state index contributed by atoms with van der Waals surface area (Å²) < 4.78 is 5.78. The summed E-state index contributed by atoms with van der Waals surface area (Å²) in [4.78, 5) is 28.3. The fourth-order valence-corrected chi connectivity index (χ4v) is 5.15. The number of carbonyl (C=O) groups is 2. The summed E-state index contributed by atoms with van der Waals surface area (Å²) in [5.41, 5.74) is 5.34. The molecule has 0 fully saturated rings. The lowest BCUT2D eigenvalue weighted by Gasteiger charge is -2.30. The highest BCUT2D eigenvalue weighted by atomic mass is 16.5. The molecule has 7 nitrogen and oxygen atoms in total. The van der Waals surface area contributed by atoms with Crippen molar-refractivity contribution < 1.29 is 19.4 Å². The molecule has 37 heavy (non-hydrogen) atoms. The third-order valence-corrected chi connectivity index (χ3v) is 7.18. The van der Waals surface area contributed by atoms with Crippen LogP contribution in [0.15, 0.2) is 66.7 Å². The normalized spacial score (nSPS) is 17.5. The van der Waals surface area contributed by atoms with Crippen LogP contribution >= 0.6 is 0 Å². The summed E-state index contributed by atoms with van der Waals surface area (Å²) >= 11 is 0. The topological polar surface area (TPSA) is 90.9 Å². The SMILES string of the molecule is CCOc1cc2c(cc1C(=O)NCC(O)C1Cc3ccccc3CN1)CCN(Cc1ccccc1)C2=O. The van der Waals surface area contributed by atoms with Crippen molar-refractivity contribution in [2.45, 2.75) is 45.0 Å². The number of hydrogen-bond acceptors (Lipinski definition) is 5. The average Bonchev–Trinajstić information content (AvgIpc) is 2.93. The lowest BCUT2D eigenvalue weighted by molar-refractivity contribution is 0.0725. The molecule has 0 spiro atoms. The van der Waals surface area contributed by atoms with E-state index in [0.717, 1.165) is 11.1 Å². The number of aliphatic hydroxyl groups is 1. The average molecular weight is 500 g/mol. The van der Waals surface area contributed by atoms with Crippen LogP contribution in [0.25, 0.3) is 0 Å². The van der Waals surface area contributed by atoms with Crippen molar-refractivity contribution in [1.29, 1.82) is 0 Å². The van der Waals surface area contributed by atoms with Gasteiger partial charge in [0.2, 0.25) is 0 Å². The highest BCUT2D eigenvalue weighted by Gasteiger charge is 2.29. The van der Waals surface area contributed by atoms with Crippen LogP contribution in [0.4, 0.5) is 0 Å². The Hall–Kier alpha value is -3.68. The molecule has 3 aromatic rings. The predicted octanol–water partition coefficient (Wildman–Crippen LogP) is 3.09. The van der Waals surface area contributed by atoms with E-state index in [9.17, 15) is 14.7 Å². The second-order valence-corrected chi connectivity index (χ2v) is 9.64. The van der Waals surface area contributed by atoms with Crippen molar-refractivity contribution in [3.05, 3.63) is 100 Å². The second kappa shape index (κ2) is 11.2. The molecule has 0 saturated carbocycles. The van der Waals surface area contributed by atoms with Gasteiger partial charge in [-0.2, -0.15) is 0 Å². The van der Waals surface area contributed by atoms with Gasteiger partial charge >= 0.3 is 0 Å². The van der Waals surface area contributed by atoms with E-state index in [4.69, 9.17) is 4.74 Å². The molecule has 0 aliphatic carbocycles. The van der Waals surface area contributed by atoms with E-state index < -0.39 is 6.10 Å². The summed E-state index contributed by atoms with van der Waals surface area (Å²) in [7, 11) is 0. The summed E-state index contributed by atoms with van der Waals surface area (Å²) in [6.07, 6.45) is 0.630. The number of nitrogens with zero attached hydrogens (tertiary/aromatic N) is 1. The fourth-order valence-electron chi connectivity index (χ4n) is 5.15. The molecule has 2 heterocycles. The zero-order valence-corrected chi connectivity index (χ0v) is 21.1. The van der Waals surface area contributed by atoms with E-state index in [0.29, 0.717) is 56.0 Å². The van der Waals surface area contributed by atoms with Gasteiger partial charge in [-0.05, 0) is 54.2 Å². The van der Waals surface area contributed by atoms with Gasteiger partial charge in [0, 0.05) is 37.8 Å². The van der Waals surface area contributed by atoms with Crippen LogP contribution < -0.4 is 15.4 Å². The zero-order valence-electron chi connectivity index (χ0n) is 21.1. The molecule has 2 aliphatic rings. The van der Waals surface area contributed by atoms with Gasteiger partial charge in [-0.3, -0.25) is 9.59 Å². The van der Waals surface area contributed by atoms with Crippen molar-refractivity contribution in [3.63, 3.8) is 0 Å². The molecular formula is C30H33N3O4. The largest absolute Gasteiger partial charge is 0.493 e. The summed E-state index contributed by atoms with van der Waals surface area (Å²) in [6, 6.07) is 21.4. The van der Waals surface area contributed by atoms with Gasteiger partial charge in [0.15, 0.2) is 0 Å². The van der Waals surface area contributed by atoms with Gasteiger partial charge in [0.05, 0.1) is 18.3 Å². The molecule has 2 aliphatic heterocycles. The summed E-state index contributed by atoms with van der Waals surface area (Å²) in [5.74, 6) is 0.00522. The smallest absolute Gasteiger partial charge is 0.255 e. The predicted molar refractivity (Wildman–Crippen MR) is 142 cm³/mol. The number of fused-ring (bicyclic) bond motifs is 2. The Kier molecular flexibility index (Phi) is 7.53. The van der Waals surface area contributed by atoms with E-state index in [1.807, 2.05) is 54.3 Å². The van der Waals surface area contributed by atoms with Gasteiger partial charge in [-0.1, -0.05) is 54.6 Å². The van der Waals surface area contributed by atoms with Crippen LogP contribution in [0.2, 0.25) is 0 Å². The van der Waals surface area contributed by atoms with E-state index >= 15 is 0 Å². The second-order valence-electron chi connectivity index (χ2n) is 9.64. The first-order valence-electron chi connectivity index (χ1n) is 12.9. The van der Waals surface area contributed by atoms with Gasteiger partial charge in [-0.25, -0.2) is 0 Å². The van der Waals surface area contributed by atoms with Crippen molar-refractivity contribution in [3.8, 4) is 5.75 Å². The van der Waals surface area contributed by atoms with Crippen LogP contribution in [-0.4, -0.2) is 53.7 Å². The Morgan fingerprint density at radius 3 is 2.65 bits per heavy atom. The number of rotatable bonds is 8. The minimum Gasteiger partial charge on any atom is -0.493 e. The molecule has 0 bridgehead atoms. The Bertz CT molecular complexity index is 1280. The number of benzene rings is 3. The number of amides is 2. The van der Waals surface area contributed by atoms with Crippen LogP contribution in [0.3, 0.4) is 0 Å². The summed E-state index contributed by atoms with van der Waals surface area (Å²) in [5, 5.41) is 17.0. The molecule has 3 aromatic carbocycles. The van der Waals surface area contributed by atoms with Crippen molar-refractivity contribution in [1.82, 2.24) is 15.5 Å². The Balaban J connectivity index is 1.27. The van der Waals surface area contributed by atoms with Crippen LogP contribution in [-0.2, 0) is 25.9 Å². The molecule has 2 amide bonds. The van der Waals surface area contributed by atoms with Crippen molar-refractivity contribution in [2.75, 3.05) is 19.7 Å². The van der Waals surface area contributed by atoms with Crippen molar-refractivity contribution in [2.24, 2.45) is 0 Å². The van der Waals surface area contributed by atoms with Gasteiger partial charge < -0.3 is 25.4 Å². The van der Waals surface area contributed by atoms with Gasteiger partial charge in [0.25, 0.3) is 11.8 Å². The fraction of sp³-hybridized carbons (Fsp3) is 0.333. The van der Waals surface area contributed by atoms with Crippen molar-refractivity contribution >= 4 is 11.8 Å². The minimum atomic E-state index is -0.737. The molecule has 192 valence electrons. The maximum atomic E-state index is 13.3. The lowest BCUT2D eigenvalue weighted by Crippen LogP contribution is -2.49. The number of ether oxygens (including phenoxy) is 1. The zero-order chi connectivity index (χ0) is 25.8. The first-order chi connectivity index (χ1) is 18.0. The van der Waals surface area contributed by atoms with E-state index in [1.54, 1.807) is 12.1 Å². The highest BCUT2D eigenvalue weighted by molar-refractivity contribution is 6.02. The minimum absolute atomic E-state index is 0.0582. The summed E-state index contributed by atoms with van der Waals surface area (Å²) in [6.45, 7) is 4.16. The molecule has 0 aromatic heterocycles. The number of nitrogens with one attached hydrogen (secondary N) is 2. The molecule has 0 radical (unpaired) electrons. The molecule has 0 saturated heterocycles. The maximum Gasteiger partial charge on any atom is 0.255 e. The molecular weight excluding hydrogens is 466 g/mol. The van der Waals surface area contributed by atoms with E-state index in [1.165, 1.54) is 11.1 Å². The Morgan fingerprint density at radius 1 is 1.11 bits per heavy atom. The Morgan fingerprint density at radius 2 is 1.86 bits per heavy atom. The molecule has 7 heteroatoms. The van der Waals surface area contributed by atoms with Crippen LogP contribution in [0.1, 0.15) is 49.9 Å². The van der Waals surface area contributed by atoms with Gasteiger partial charge in [0.1, 0.15) is 5.75 Å². The third-order valence-electron chi connectivity index (χ3n) is 7.18. The first-order valence-corrected chi connectivity index (χ1v) is 12.9. The lowest BCUT2D eigenvalue weighted by atomic mass is 9.93. The third kappa shape index (κ3) is 5.53. The Labute approximate surface area is 217 Å². The first kappa shape index (κ1) is 25.0. The standard InChI is InChI=1S/C30H33N3O4/c1-2-37-28-16-24-22(12-13-33(30(24)36)19-20-8-4-3-5-9-20)14-25(28)29(35)32-18-27(34)26-15-21-10-6-7-11-23(21)17-31-26/h3-11,14,16,26-27,31,34H,2,12-13,15,17-19H2,1H3,(H,32,35). The number of carbonyl (C=O) groups excluding carboxylic acids is 2. The molecule has 5 rings (SSSR count). The van der Waals surface area contributed by atoms with E-state index in [-0.39, 0.29) is 24.4 Å².